The predicted octanol–water partition coefficient (Wildman–Crippen LogP) is 3.42. The van der Waals surface area contributed by atoms with Crippen LogP contribution in [0.1, 0.15) is 32.6 Å². The maximum atomic E-state index is 11.9. The number of benzene rings is 1. The zero-order chi connectivity index (χ0) is 15.4. The average molecular weight is 302 g/mol. The molecule has 1 heterocycles. The van der Waals surface area contributed by atoms with Crippen molar-refractivity contribution in [1.29, 1.82) is 0 Å². The Bertz CT molecular complexity index is 687. The standard InChI is InChI=1S/C16H16ClN3O/c1-10-7-11(2)14(12(3)8-10)9-19-20-16(21)13-5-4-6-18-15(13)17/h4-9H,1-3H3,(H,20,21). The molecule has 2 aromatic rings. The van der Waals surface area contributed by atoms with Crippen molar-refractivity contribution in [1.82, 2.24) is 10.4 Å². The molecule has 108 valence electrons. The molecule has 1 N–H and O–H groups in total. The average Bonchev–Trinajstić information content (AvgIpc) is 2.42. The van der Waals surface area contributed by atoms with Gasteiger partial charge in [0.15, 0.2) is 0 Å². The van der Waals surface area contributed by atoms with Gasteiger partial charge in [-0.3, -0.25) is 4.79 Å². The van der Waals surface area contributed by atoms with Gasteiger partial charge in [0.2, 0.25) is 0 Å². The summed E-state index contributed by atoms with van der Waals surface area (Å²) in [5.41, 5.74) is 7.19. The van der Waals surface area contributed by atoms with Crippen molar-refractivity contribution in [2.24, 2.45) is 5.10 Å². The second-order valence-corrected chi connectivity index (χ2v) is 5.21. The molecule has 1 aromatic carbocycles. The third kappa shape index (κ3) is 3.67. The van der Waals surface area contributed by atoms with E-state index in [4.69, 9.17) is 11.6 Å². The van der Waals surface area contributed by atoms with Crippen molar-refractivity contribution in [2.45, 2.75) is 20.8 Å². The summed E-state index contributed by atoms with van der Waals surface area (Å²) in [6.07, 6.45) is 3.17. The second kappa shape index (κ2) is 6.50. The van der Waals surface area contributed by atoms with Crippen molar-refractivity contribution in [3.8, 4) is 0 Å². The molecule has 0 aliphatic carbocycles. The summed E-state index contributed by atoms with van der Waals surface area (Å²) in [5.74, 6) is -0.383. The lowest BCUT2D eigenvalue weighted by atomic mass is 10.0. The molecule has 0 atom stereocenters. The van der Waals surface area contributed by atoms with Gasteiger partial charge in [0.05, 0.1) is 11.8 Å². The molecule has 0 saturated carbocycles. The number of hydrogen-bond donors (Lipinski definition) is 1. The molecular formula is C16H16ClN3O. The molecule has 0 aliphatic heterocycles. The van der Waals surface area contributed by atoms with Gasteiger partial charge in [0.1, 0.15) is 5.15 Å². The van der Waals surface area contributed by atoms with Gasteiger partial charge in [-0.25, -0.2) is 10.4 Å². The van der Waals surface area contributed by atoms with Crippen molar-refractivity contribution in [2.75, 3.05) is 0 Å². The van der Waals surface area contributed by atoms with Gasteiger partial charge < -0.3 is 0 Å². The number of hydrogen-bond acceptors (Lipinski definition) is 3. The van der Waals surface area contributed by atoms with E-state index in [1.165, 1.54) is 11.8 Å². The van der Waals surface area contributed by atoms with Gasteiger partial charge in [-0.15, -0.1) is 0 Å². The highest BCUT2D eigenvalue weighted by molar-refractivity contribution is 6.32. The van der Waals surface area contributed by atoms with Gasteiger partial charge in [-0.2, -0.15) is 5.10 Å². The zero-order valence-corrected chi connectivity index (χ0v) is 12.9. The molecule has 2 rings (SSSR count). The Kier molecular flexibility index (Phi) is 4.70. The Morgan fingerprint density at radius 3 is 2.57 bits per heavy atom. The molecule has 0 radical (unpaired) electrons. The number of carbonyl (C=O) groups excluding carboxylic acids is 1. The van der Waals surface area contributed by atoms with Gasteiger partial charge in [-0.05, 0) is 44.0 Å². The number of halogens is 1. The van der Waals surface area contributed by atoms with Crippen LogP contribution in [0.2, 0.25) is 5.15 Å². The number of pyridine rings is 1. The summed E-state index contributed by atoms with van der Waals surface area (Å²) in [5, 5.41) is 4.16. The maximum absolute atomic E-state index is 11.9. The molecule has 1 aromatic heterocycles. The fraction of sp³-hybridized carbons (Fsp3) is 0.188. The van der Waals surface area contributed by atoms with Crippen LogP contribution in [0.5, 0.6) is 0 Å². The largest absolute Gasteiger partial charge is 0.274 e. The van der Waals surface area contributed by atoms with Gasteiger partial charge in [-0.1, -0.05) is 29.3 Å². The number of aryl methyl sites for hydroxylation is 3. The van der Waals surface area contributed by atoms with Gasteiger partial charge in [0, 0.05) is 11.8 Å². The van der Waals surface area contributed by atoms with Gasteiger partial charge >= 0.3 is 0 Å². The molecule has 0 aliphatic rings. The Balaban J connectivity index is 2.13. The van der Waals surface area contributed by atoms with Crippen molar-refractivity contribution in [3.63, 3.8) is 0 Å². The minimum Gasteiger partial charge on any atom is -0.267 e. The van der Waals surface area contributed by atoms with Crippen LogP contribution in [-0.2, 0) is 0 Å². The summed E-state index contributed by atoms with van der Waals surface area (Å²) >= 11 is 5.86. The van der Waals surface area contributed by atoms with Crippen LogP contribution < -0.4 is 5.43 Å². The highest BCUT2D eigenvalue weighted by atomic mass is 35.5. The van der Waals surface area contributed by atoms with E-state index in [1.54, 1.807) is 18.3 Å². The third-order valence-corrected chi connectivity index (χ3v) is 3.40. The van der Waals surface area contributed by atoms with Crippen LogP contribution in [0.4, 0.5) is 0 Å². The Morgan fingerprint density at radius 2 is 1.95 bits per heavy atom. The lowest BCUT2D eigenvalue weighted by Crippen LogP contribution is -2.18. The van der Waals surface area contributed by atoms with E-state index in [1.807, 2.05) is 20.8 Å². The topological polar surface area (TPSA) is 54.4 Å². The minimum absolute atomic E-state index is 0.160. The fourth-order valence-corrected chi connectivity index (χ4v) is 2.37. The number of hydrazone groups is 1. The second-order valence-electron chi connectivity index (χ2n) is 4.85. The smallest absolute Gasteiger partial charge is 0.267 e. The summed E-state index contributed by atoms with van der Waals surface area (Å²) < 4.78 is 0. The zero-order valence-electron chi connectivity index (χ0n) is 12.1. The summed E-state index contributed by atoms with van der Waals surface area (Å²) in [7, 11) is 0. The molecule has 0 spiro atoms. The van der Waals surface area contributed by atoms with E-state index in [2.05, 4.69) is 27.6 Å². The Hall–Kier alpha value is -2.20. The molecule has 21 heavy (non-hydrogen) atoms. The Labute approximate surface area is 128 Å². The first kappa shape index (κ1) is 15.2. The number of rotatable bonds is 3. The van der Waals surface area contributed by atoms with E-state index >= 15 is 0 Å². The summed E-state index contributed by atoms with van der Waals surface area (Å²) in [6, 6.07) is 7.41. The predicted molar refractivity (Wildman–Crippen MR) is 85.0 cm³/mol. The van der Waals surface area contributed by atoms with Crippen LogP contribution in [-0.4, -0.2) is 17.1 Å². The number of nitrogens with zero attached hydrogens (tertiary/aromatic N) is 2. The number of amides is 1. The fourth-order valence-electron chi connectivity index (χ4n) is 2.17. The van der Waals surface area contributed by atoms with Crippen LogP contribution in [0.15, 0.2) is 35.6 Å². The van der Waals surface area contributed by atoms with Crippen LogP contribution >= 0.6 is 11.6 Å². The lowest BCUT2D eigenvalue weighted by molar-refractivity contribution is 0.0955. The minimum atomic E-state index is -0.383. The molecule has 0 saturated heterocycles. The van der Waals surface area contributed by atoms with Crippen LogP contribution in [0.25, 0.3) is 0 Å². The molecule has 0 unspecified atom stereocenters. The SMILES string of the molecule is Cc1cc(C)c(C=NNC(=O)c2cccnc2Cl)c(C)c1. The highest BCUT2D eigenvalue weighted by Gasteiger charge is 2.09. The van der Waals surface area contributed by atoms with E-state index in [0.29, 0.717) is 5.56 Å². The van der Waals surface area contributed by atoms with Crippen molar-refractivity contribution < 1.29 is 4.79 Å². The molecule has 1 amide bonds. The van der Waals surface area contributed by atoms with E-state index in [0.717, 1.165) is 16.7 Å². The van der Waals surface area contributed by atoms with E-state index in [9.17, 15) is 4.79 Å². The molecule has 0 bridgehead atoms. The third-order valence-electron chi connectivity index (χ3n) is 3.10. The number of aromatic nitrogens is 1. The first-order valence-electron chi connectivity index (χ1n) is 6.51. The van der Waals surface area contributed by atoms with Gasteiger partial charge in [0.25, 0.3) is 5.91 Å². The van der Waals surface area contributed by atoms with E-state index < -0.39 is 0 Å². The van der Waals surface area contributed by atoms with Crippen molar-refractivity contribution in [3.05, 3.63) is 63.4 Å². The first-order valence-corrected chi connectivity index (χ1v) is 6.88. The summed E-state index contributed by atoms with van der Waals surface area (Å²) in [6.45, 7) is 6.08. The van der Waals surface area contributed by atoms with E-state index in [-0.39, 0.29) is 11.1 Å². The van der Waals surface area contributed by atoms with Crippen LogP contribution in [0.3, 0.4) is 0 Å². The molecule has 4 nitrogen and oxygen atoms in total. The highest BCUT2D eigenvalue weighted by Crippen LogP contribution is 2.14. The maximum Gasteiger partial charge on any atom is 0.274 e. The normalized spacial score (nSPS) is 10.9. The molecular weight excluding hydrogens is 286 g/mol. The molecule has 5 heteroatoms. The first-order chi connectivity index (χ1) is 9.99. The van der Waals surface area contributed by atoms with Crippen molar-refractivity contribution >= 4 is 23.7 Å². The number of carbonyl (C=O) groups is 1. The number of nitrogens with one attached hydrogen (secondary N) is 1. The summed E-state index contributed by atoms with van der Waals surface area (Å²) in [4.78, 5) is 15.8. The quantitative estimate of drug-likeness (QED) is 0.536. The monoisotopic (exact) mass is 301 g/mol. The van der Waals surface area contributed by atoms with Crippen LogP contribution in [0, 0.1) is 20.8 Å². The molecule has 0 fully saturated rings. The Morgan fingerprint density at radius 1 is 1.29 bits per heavy atom. The lowest BCUT2D eigenvalue weighted by Gasteiger charge is -2.06.